The fourth-order valence-corrected chi connectivity index (χ4v) is 5.76. The van der Waals surface area contributed by atoms with Crippen LogP contribution in [0, 0.1) is 5.92 Å². The van der Waals surface area contributed by atoms with E-state index in [1.54, 1.807) is 12.7 Å². The molecule has 3 heteroatoms. The maximum absolute atomic E-state index is 9.90. The van der Waals surface area contributed by atoms with Crippen molar-refractivity contribution < 1.29 is 9.84 Å². The third-order valence-electron chi connectivity index (χ3n) is 6.66. The first-order valence-electron chi connectivity index (χ1n) is 9.23. The molecule has 1 N–H and O–H groups in total. The summed E-state index contributed by atoms with van der Waals surface area (Å²) in [5, 5.41) is 9.90. The van der Waals surface area contributed by atoms with Gasteiger partial charge in [0.2, 0.25) is 0 Å². The number of nitrogens with zero attached hydrogens (tertiary/aromatic N) is 1. The van der Waals surface area contributed by atoms with Crippen molar-refractivity contribution in [2.45, 2.75) is 63.0 Å². The van der Waals surface area contributed by atoms with Crippen LogP contribution in [0.1, 0.15) is 50.2 Å². The predicted octanol–water partition coefficient (Wildman–Crippen LogP) is 3.13. The number of rotatable bonds is 3. The molecule has 1 aromatic carbocycles. The van der Waals surface area contributed by atoms with Crippen LogP contribution < -0.4 is 4.74 Å². The van der Waals surface area contributed by atoms with E-state index in [-0.39, 0.29) is 6.10 Å². The Hall–Kier alpha value is -1.06. The van der Waals surface area contributed by atoms with Gasteiger partial charge in [0.1, 0.15) is 5.75 Å². The zero-order chi connectivity index (χ0) is 16.0. The summed E-state index contributed by atoms with van der Waals surface area (Å²) in [6.45, 7) is 3.87. The molecule has 0 amide bonds. The topological polar surface area (TPSA) is 32.7 Å². The Morgan fingerprint density at radius 1 is 1.35 bits per heavy atom. The van der Waals surface area contributed by atoms with Gasteiger partial charge in [-0.25, -0.2) is 0 Å². The molecule has 1 aromatic rings. The number of methoxy groups -OCH3 is 1. The highest BCUT2D eigenvalue weighted by Crippen LogP contribution is 2.56. The average Bonchev–Trinajstić information content (AvgIpc) is 2.56. The normalized spacial score (nSPS) is 34.4. The van der Waals surface area contributed by atoms with Crippen molar-refractivity contribution in [3.63, 3.8) is 0 Å². The largest absolute Gasteiger partial charge is 0.497 e. The van der Waals surface area contributed by atoms with Gasteiger partial charge in [0.15, 0.2) is 0 Å². The molecule has 2 fully saturated rings. The van der Waals surface area contributed by atoms with Crippen molar-refractivity contribution in [1.82, 2.24) is 4.90 Å². The van der Waals surface area contributed by atoms with Crippen LogP contribution in [0.3, 0.4) is 0 Å². The number of aliphatic hydroxyl groups excluding tert-OH is 1. The molecule has 1 aliphatic heterocycles. The van der Waals surface area contributed by atoms with Gasteiger partial charge in [-0.3, -0.25) is 4.90 Å². The maximum atomic E-state index is 9.90. The molecule has 3 nitrogen and oxygen atoms in total. The number of β-amino-alcohol motifs (C(OH)–C–C–N with tert-alkyl or cyclic N) is 1. The van der Waals surface area contributed by atoms with E-state index in [0.29, 0.717) is 11.5 Å². The van der Waals surface area contributed by atoms with Gasteiger partial charge in [-0.15, -0.1) is 0 Å². The first-order valence-corrected chi connectivity index (χ1v) is 9.23. The van der Waals surface area contributed by atoms with E-state index < -0.39 is 0 Å². The van der Waals surface area contributed by atoms with Crippen molar-refractivity contribution in [2.24, 2.45) is 5.92 Å². The fourth-order valence-electron chi connectivity index (χ4n) is 5.76. The molecule has 2 unspecified atom stereocenters. The van der Waals surface area contributed by atoms with Gasteiger partial charge in [-0.05, 0) is 68.3 Å². The van der Waals surface area contributed by atoms with E-state index in [0.717, 1.165) is 31.2 Å². The molecule has 1 saturated heterocycles. The van der Waals surface area contributed by atoms with E-state index in [9.17, 15) is 5.11 Å². The van der Waals surface area contributed by atoms with Crippen molar-refractivity contribution in [1.29, 1.82) is 0 Å². The zero-order valence-electron chi connectivity index (χ0n) is 14.4. The van der Waals surface area contributed by atoms with Crippen molar-refractivity contribution >= 4 is 0 Å². The summed E-state index contributed by atoms with van der Waals surface area (Å²) >= 11 is 0. The lowest BCUT2D eigenvalue weighted by molar-refractivity contribution is -0.0281. The molecule has 2 aliphatic carbocycles. The molecule has 1 saturated carbocycles. The molecule has 0 spiro atoms. The van der Waals surface area contributed by atoms with Crippen LogP contribution >= 0.6 is 0 Å². The first kappa shape index (κ1) is 15.5. The van der Waals surface area contributed by atoms with Gasteiger partial charge in [0.25, 0.3) is 0 Å². The average molecular weight is 315 g/mol. The Kier molecular flexibility index (Phi) is 3.89. The van der Waals surface area contributed by atoms with Crippen molar-refractivity contribution in [3.8, 4) is 5.75 Å². The second kappa shape index (κ2) is 5.78. The Morgan fingerprint density at radius 2 is 2.22 bits per heavy atom. The number of piperidine rings is 1. The van der Waals surface area contributed by atoms with Crippen LogP contribution in [0.4, 0.5) is 0 Å². The SMILES string of the molecule is COc1ccc2c(c1)[C@@]13CCCCC1[C@H](C2)N(CC(C)O)CC3. The molecule has 4 rings (SSSR count). The van der Waals surface area contributed by atoms with Crippen molar-refractivity contribution in [2.75, 3.05) is 20.2 Å². The van der Waals surface area contributed by atoms with Gasteiger partial charge in [-0.1, -0.05) is 18.9 Å². The molecule has 0 radical (unpaired) electrons. The molecule has 126 valence electrons. The standard InChI is InChI=1S/C20H29NO2/c1-14(22)13-21-10-9-20-8-4-3-5-17(20)19(21)11-15-6-7-16(23-2)12-18(15)20/h6-7,12,14,17,19,22H,3-5,8-11,13H2,1-2H3/t14?,17?,19-,20+/m0/s1. The Morgan fingerprint density at radius 3 is 3.00 bits per heavy atom. The lowest BCUT2D eigenvalue weighted by atomic mass is 9.52. The lowest BCUT2D eigenvalue weighted by Crippen LogP contribution is -2.61. The van der Waals surface area contributed by atoms with Crippen LogP contribution in [0.2, 0.25) is 0 Å². The Balaban J connectivity index is 1.77. The number of likely N-dealkylation sites (tertiary alicyclic amines) is 1. The summed E-state index contributed by atoms with van der Waals surface area (Å²) in [4.78, 5) is 2.58. The van der Waals surface area contributed by atoms with Crippen LogP contribution in [-0.2, 0) is 11.8 Å². The predicted molar refractivity (Wildman–Crippen MR) is 92.0 cm³/mol. The highest BCUT2D eigenvalue weighted by molar-refractivity contribution is 5.45. The molecule has 4 atom stereocenters. The smallest absolute Gasteiger partial charge is 0.119 e. The zero-order valence-corrected chi connectivity index (χ0v) is 14.4. The summed E-state index contributed by atoms with van der Waals surface area (Å²) < 4.78 is 5.52. The summed E-state index contributed by atoms with van der Waals surface area (Å²) in [6, 6.07) is 7.35. The van der Waals surface area contributed by atoms with Gasteiger partial charge < -0.3 is 9.84 Å². The lowest BCUT2D eigenvalue weighted by Gasteiger charge is -2.59. The molecular formula is C20H29NO2. The van der Waals surface area contributed by atoms with Crippen molar-refractivity contribution in [3.05, 3.63) is 29.3 Å². The number of aliphatic hydroxyl groups is 1. The minimum absolute atomic E-state index is 0.233. The van der Waals surface area contributed by atoms with Crippen LogP contribution in [-0.4, -0.2) is 42.4 Å². The van der Waals surface area contributed by atoms with E-state index in [2.05, 4.69) is 23.1 Å². The minimum Gasteiger partial charge on any atom is -0.497 e. The molecule has 0 aromatic heterocycles. The molecule has 2 bridgehead atoms. The van der Waals surface area contributed by atoms with Gasteiger partial charge in [0.05, 0.1) is 13.2 Å². The third kappa shape index (κ3) is 2.40. The highest BCUT2D eigenvalue weighted by Gasteiger charge is 2.53. The summed E-state index contributed by atoms with van der Waals surface area (Å²) in [5.74, 6) is 1.76. The van der Waals surface area contributed by atoms with E-state index >= 15 is 0 Å². The van der Waals surface area contributed by atoms with Crippen LogP contribution in [0.15, 0.2) is 18.2 Å². The second-order valence-electron chi connectivity index (χ2n) is 7.90. The fraction of sp³-hybridized carbons (Fsp3) is 0.700. The highest BCUT2D eigenvalue weighted by atomic mass is 16.5. The van der Waals surface area contributed by atoms with Crippen LogP contribution in [0.5, 0.6) is 5.75 Å². The number of benzene rings is 1. The number of fused-ring (bicyclic) bond motifs is 1. The third-order valence-corrected chi connectivity index (χ3v) is 6.66. The quantitative estimate of drug-likeness (QED) is 0.930. The molecular weight excluding hydrogens is 286 g/mol. The van der Waals surface area contributed by atoms with Gasteiger partial charge in [-0.2, -0.15) is 0 Å². The molecule has 3 aliphatic rings. The monoisotopic (exact) mass is 315 g/mol. The Bertz CT molecular complexity index is 585. The van der Waals surface area contributed by atoms with E-state index in [4.69, 9.17) is 4.74 Å². The van der Waals surface area contributed by atoms with Gasteiger partial charge >= 0.3 is 0 Å². The number of hydrogen-bond acceptors (Lipinski definition) is 3. The second-order valence-corrected chi connectivity index (χ2v) is 7.90. The summed E-state index contributed by atoms with van der Waals surface area (Å²) in [6.07, 6.45) is 7.54. The Labute approximate surface area is 139 Å². The van der Waals surface area contributed by atoms with E-state index in [1.165, 1.54) is 37.7 Å². The maximum Gasteiger partial charge on any atom is 0.119 e. The summed E-state index contributed by atoms with van der Waals surface area (Å²) in [7, 11) is 1.77. The van der Waals surface area contributed by atoms with Gasteiger partial charge in [0, 0.05) is 18.0 Å². The number of hydrogen-bond donors (Lipinski definition) is 1. The number of ether oxygens (including phenoxy) is 1. The first-order chi connectivity index (χ1) is 11.1. The van der Waals surface area contributed by atoms with Crippen LogP contribution in [0.25, 0.3) is 0 Å². The van der Waals surface area contributed by atoms with E-state index in [1.807, 2.05) is 6.92 Å². The minimum atomic E-state index is -0.233. The summed E-state index contributed by atoms with van der Waals surface area (Å²) in [5.41, 5.74) is 3.46. The molecule has 1 heterocycles. The molecule has 23 heavy (non-hydrogen) atoms.